The molecular formula is C26H35N3O6S. The lowest BCUT2D eigenvalue weighted by atomic mass is 10.1. The Morgan fingerprint density at radius 2 is 1.69 bits per heavy atom. The molecule has 0 radical (unpaired) electrons. The van der Waals surface area contributed by atoms with E-state index in [2.05, 4.69) is 5.32 Å². The fraction of sp³-hybridized carbons (Fsp3) is 0.462. The summed E-state index contributed by atoms with van der Waals surface area (Å²) in [6.07, 6.45) is 2.32. The van der Waals surface area contributed by atoms with Gasteiger partial charge in [0.2, 0.25) is 21.8 Å². The van der Waals surface area contributed by atoms with Gasteiger partial charge in [-0.05, 0) is 44.4 Å². The molecule has 9 nitrogen and oxygen atoms in total. The summed E-state index contributed by atoms with van der Waals surface area (Å²) >= 11 is 0. The van der Waals surface area contributed by atoms with Gasteiger partial charge in [-0.25, -0.2) is 8.42 Å². The zero-order valence-electron chi connectivity index (χ0n) is 21.3. The standard InChI is InChI=1S/C26H35N3O6S/c1-5-19(2)27-26(31)20(3)28(14-13-21-9-7-6-8-10-21)25(30)18-29(36(4,32)33)22-11-12-23-24(17-22)35-16-15-34-23/h6-12,17,19-20H,5,13-16,18H2,1-4H3,(H,27,31)/t19-,20+/m1/s1. The molecule has 0 unspecified atom stereocenters. The first-order valence-electron chi connectivity index (χ1n) is 12.1. The number of nitrogens with zero attached hydrogens (tertiary/aromatic N) is 2. The minimum atomic E-state index is -3.82. The molecule has 3 rings (SSSR count). The Morgan fingerprint density at radius 1 is 1.03 bits per heavy atom. The van der Waals surface area contributed by atoms with Gasteiger partial charge in [-0.3, -0.25) is 13.9 Å². The van der Waals surface area contributed by atoms with Gasteiger partial charge in [-0.2, -0.15) is 0 Å². The van der Waals surface area contributed by atoms with Crippen LogP contribution in [0.25, 0.3) is 0 Å². The fourth-order valence-corrected chi connectivity index (χ4v) is 4.68. The molecule has 196 valence electrons. The van der Waals surface area contributed by atoms with Crippen LogP contribution in [0.3, 0.4) is 0 Å². The van der Waals surface area contributed by atoms with Crippen LogP contribution in [0.5, 0.6) is 11.5 Å². The van der Waals surface area contributed by atoms with Gasteiger partial charge >= 0.3 is 0 Å². The Kier molecular flexibility index (Phi) is 9.19. The Hall–Kier alpha value is -3.27. The quantitative estimate of drug-likeness (QED) is 0.491. The van der Waals surface area contributed by atoms with Crippen molar-refractivity contribution in [1.82, 2.24) is 10.2 Å². The SMILES string of the molecule is CC[C@@H](C)NC(=O)[C@H](C)N(CCc1ccccc1)C(=O)CN(c1ccc2c(c1)OCCO2)S(C)(=O)=O. The summed E-state index contributed by atoms with van der Waals surface area (Å²) in [6.45, 7) is 6.09. The zero-order valence-corrected chi connectivity index (χ0v) is 22.1. The molecule has 0 fully saturated rings. The molecule has 2 aromatic carbocycles. The summed E-state index contributed by atoms with van der Waals surface area (Å²) in [5.74, 6) is 0.181. The number of hydrogen-bond acceptors (Lipinski definition) is 6. The monoisotopic (exact) mass is 517 g/mol. The van der Waals surface area contributed by atoms with Crippen LogP contribution in [0.2, 0.25) is 0 Å². The summed E-state index contributed by atoms with van der Waals surface area (Å²) in [4.78, 5) is 27.9. The number of carbonyl (C=O) groups excluding carboxylic acids is 2. The van der Waals surface area contributed by atoms with Crippen LogP contribution < -0.4 is 19.1 Å². The largest absolute Gasteiger partial charge is 0.486 e. The zero-order chi connectivity index (χ0) is 26.3. The number of hydrogen-bond donors (Lipinski definition) is 1. The van der Waals surface area contributed by atoms with E-state index in [4.69, 9.17) is 9.47 Å². The minimum Gasteiger partial charge on any atom is -0.486 e. The highest BCUT2D eigenvalue weighted by Crippen LogP contribution is 2.34. The third-order valence-corrected chi connectivity index (χ3v) is 7.29. The van der Waals surface area contributed by atoms with Crippen molar-refractivity contribution in [2.45, 2.75) is 45.7 Å². The van der Waals surface area contributed by atoms with Crippen molar-refractivity contribution in [1.29, 1.82) is 0 Å². The summed E-state index contributed by atoms with van der Waals surface area (Å²) < 4.78 is 37.6. The highest BCUT2D eigenvalue weighted by atomic mass is 32.2. The average molecular weight is 518 g/mol. The van der Waals surface area contributed by atoms with E-state index >= 15 is 0 Å². The van der Waals surface area contributed by atoms with Crippen molar-refractivity contribution in [3.05, 3.63) is 54.1 Å². The van der Waals surface area contributed by atoms with Crippen molar-refractivity contribution in [2.24, 2.45) is 0 Å². The molecule has 10 heteroatoms. The molecule has 0 aliphatic carbocycles. The van der Waals surface area contributed by atoms with Crippen LogP contribution in [0.15, 0.2) is 48.5 Å². The van der Waals surface area contributed by atoms with Crippen LogP contribution in [0.4, 0.5) is 5.69 Å². The predicted octanol–water partition coefficient (Wildman–Crippen LogP) is 2.60. The molecule has 0 saturated heterocycles. The lowest BCUT2D eigenvalue weighted by Crippen LogP contribution is -2.53. The molecule has 0 bridgehead atoms. The van der Waals surface area contributed by atoms with Crippen LogP contribution in [-0.2, 0) is 26.0 Å². The Balaban J connectivity index is 1.86. The molecule has 2 aromatic rings. The molecule has 1 heterocycles. The van der Waals surface area contributed by atoms with E-state index in [0.717, 1.165) is 22.5 Å². The van der Waals surface area contributed by atoms with Crippen molar-refractivity contribution >= 4 is 27.5 Å². The minimum absolute atomic E-state index is 0.0451. The number of benzene rings is 2. The van der Waals surface area contributed by atoms with E-state index < -0.39 is 28.5 Å². The number of carbonyl (C=O) groups is 2. The lowest BCUT2D eigenvalue weighted by Gasteiger charge is -2.32. The van der Waals surface area contributed by atoms with Gasteiger partial charge in [-0.1, -0.05) is 37.3 Å². The smallest absolute Gasteiger partial charge is 0.244 e. The topological polar surface area (TPSA) is 105 Å². The van der Waals surface area contributed by atoms with E-state index in [9.17, 15) is 18.0 Å². The third-order valence-electron chi connectivity index (χ3n) is 6.15. The normalized spacial score (nSPS) is 14.4. The number of ether oxygens (including phenoxy) is 2. The van der Waals surface area contributed by atoms with Crippen molar-refractivity contribution in [2.75, 3.05) is 36.9 Å². The number of rotatable bonds is 11. The average Bonchev–Trinajstić information content (AvgIpc) is 2.86. The van der Waals surface area contributed by atoms with E-state index in [0.29, 0.717) is 31.1 Å². The fourth-order valence-electron chi connectivity index (χ4n) is 3.84. The first-order chi connectivity index (χ1) is 17.1. The maximum absolute atomic E-state index is 13.6. The molecule has 36 heavy (non-hydrogen) atoms. The van der Waals surface area contributed by atoms with Crippen molar-refractivity contribution in [3.8, 4) is 11.5 Å². The molecule has 1 aliphatic rings. The molecule has 1 N–H and O–H groups in total. The number of amides is 2. The summed E-state index contributed by atoms with van der Waals surface area (Å²) in [6, 6.07) is 13.6. The first kappa shape index (κ1) is 27.3. The highest BCUT2D eigenvalue weighted by Gasteiger charge is 2.30. The number of sulfonamides is 1. The summed E-state index contributed by atoms with van der Waals surface area (Å²) in [5, 5.41) is 2.92. The van der Waals surface area contributed by atoms with Gasteiger partial charge in [-0.15, -0.1) is 0 Å². The summed E-state index contributed by atoms with van der Waals surface area (Å²) in [7, 11) is -3.82. The van der Waals surface area contributed by atoms with Crippen LogP contribution in [0, 0.1) is 0 Å². The van der Waals surface area contributed by atoms with Crippen molar-refractivity contribution in [3.63, 3.8) is 0 Å². The molecule has 1 aliphatic heterocycles. The highest BCUT2D eigenvalue weighted by molar-refractivity contribution is 7.92. The van der Waals surface area contributed by atoms with Crippen LogP contribution in [-0.4, -0.2) is 69.8 Å². The number of fused-ring (bicyclic) bond motifs is 1. The molecule has 2 amide bonds. The second-order valence-electron chi connectivity index (χ2n) is 8.91. The van der Waals surface area contributed by atoms with E-state index in [1.54, 1.807) is 25.1 Å². The maximum atomic E-state index is 13.6. The van der Waals surface area contributed by atoms with Gasteiger partial charge in [0, 0.05) is 18.7 Å². The second kappa shape index (κ2) is 12.1. The van der Waals surface area contributed by atoms with E-state index in [1.807, 2.05) is 44.2 Å². The Bertz CT molecular complexity index is 1160. The molecule has 0 spiro atoms. The van der Waals surface area contributed by atoms with Gasteiger partial charge in [0.15, 0.2) is 11.5 Å². The Morgan fingerprint density at radius 3 is 2.33 bits per heavy atom. The molecular weight excluding hydrogens is 482 g/mol. The Labute approximate surface area is 213 Å². The molecule has 0 aromatic heterocycles. The van der Waals surface area contributed by atoms with Crippen molar-refractivity contribution < 1.29 is 27.5 Å². The lowest BCUT2D eigenvalue weighted by molar-refractivity contribution is -0.139. The van der Waals surface area contributed by atoms with Gasteiger partial charge in [0.05, 0.1) is 11.9 Å². The number of anilines is 1. The third kappa shape index (κ3) is 7.13. The molecule has 2 atom stereocenters. The molecule has 0 saturated carbocycles. The summed E-state index contributed by atoms with van der Waals surface area (Å²) in [5.41, 5.74) is 1.30. The van der Waals surface area contributed by atoms with Gasteiger partial charge in [0.25, 0.3) is 0 Å². The first-order valence-corrected chi connectivity index (χ1v) is 14.0. The van der Waals surface area contributed by atoms with E-state index in [-0.39, 0.29) is 24.2 Å². The van der Waals surface area contributed by atoms with Gasteiger partial charge < -0.3 is 19.7 Å². The maximum Gasteiger partial charge on any atom is 0.244 e. The van der Waals surface area contributed by atoms with Gasteiger partial charge in [0.1, 0.15) is 25.8 Å². The number of nitrogens with one attached hydrogen (secondary N) is 1. The van der Waals surface area contributed by atoms with E-state index in [1.165, 1.54) is 4.90 Å². The van der Waals surface area contributed by atoms with Crippen LogP contribution in [0.1, 0.15) is 32.8 Å². The predicted molar refractivity (Wildman–Crippen MR) is 139 cm³/mol. The second-order valence-corrected chi connectivity index (χ2v) is 10.8. The van der Waals surface area contributed by atoms with Crippen LogP contribution >= 0.6 is 0 Å².